The zero-order valence-corrected chi connectivity index (χ0v) is 13.4. The van der Waals surface area contributed by atoms with Crippen molar-refractivity contribution in [3.8, 4) is 0 Å². The Morgan fingerprint density at radius 1 is 1.32 bits per heavy atom. The van der Waals surface area contributed by atoms with Crippen LogP contribution in [0.25, 0.3) is 0 Å². The lowest BCUT2D eigenvalue weighted by atomic mass is 9.85. The second-order valence-electron chi connectivity index (χ2n) is 5.87. The summed E-state index contributed by atoms with van der Waals surface area (Å²) in [6.07, 6.45) is 3.12. The number of nitrogens with one attached hydrogen (secondary N) is 2. The number of hydrogen-bond donors (Lipinski definition) is 2. The summed E-state index contributed by atoms with van der Waals surface area (Å²) in [7, 11) is 0. The molecule has 1 aliphatic heterocycles. The molecule has 3 rings (SSSR count). The van der Waals surface area contributed by atoms with Crippen molar-refractivity contribution in [3.05, 3.63) is 29.6 Å². The Bertz CT molecular complexity index is 516. The van der Waals surface area contributed by atoms with Gasteiger partial charge in [-0.1, -0.05) is 12.5 Å². The Hall–Kier alpha value is -1.33. The van der Waals surface area contributed by atoms with Gasteiger partial charge in [0, 0.05) is 38.6 Å². The van der Waals surface area contributed by atoms with E-state index in [0.717, 1.165) is 51.0 Å². The van der Waals surface area contributed by atoms with Crippen molar-refractivity contribution < 1.29 is 9.18 Å². The molecule has 0 unspecified atom stereocenters. The van der Waals surface area contributed by atoms with Crippen molar-refractivity contribution in [1.82, 2.24) is 10.6 Å². The summed E-state index contributed by atoms with van der Waals surface area (Å²) in [5.41, 5.74) is 1.48. The van der Waals surface area contributed by atoms with Crippen LogP contribution in [0.5, 0.6) is 0 Å². The summed E-state index contributed by atoms with van der Waals surface area (Å²) in [5, 5.41) is 6.16. The topological polar surface area (TPSA) is 44.4 Å². The van der Waals surface area contributed by atoms with Crippen LogP contribution in [-0.2, 0) is 11.3 Å². The second-order valence-corrected chi connectivity index (χ2v) is 5.87. The molecule has 0 atom stereocenters. The number of carbonyl (C=O) groups is 1. The van der Waals surface area contributed by atoms with Gasteiger partial charge in [0.2, 0.25) is 5.91 Å². The first-order chi connectivity index (χ1) is 10.2. The zero-order chi connectivity index (χ0) is 14.7. The van der Waals surface area contributed by atoms with Gasteiger partial charge in [-0.05, 0) is 30.5 Å². The van der Waals surface area contributed by atoms with Gasteiger partial charge in [-0.3, -0.25) is 4.79 Å². The van der Waals surface area contributed by atoms with Crippen molar-refractivity contribution in [1.29, 1.82) is 0 Å². The fourth-order valence-corrected chi connectivity index (χ4v) is 2.83. The van der Waals surface area contributed by atoms with E-state index in [4.69, 9.17) is 0 Å². The number of amides is 1. The van der Waals surface area contributed by atoms with Crippen LogP contribution < -0.4 is 15.5 Å². The normalized spacial score (nSPS) is 18.3. The summed E-state index contributed by atoms with van der Waals surface area (Å²) in [6, 6.07) is 5.27. The SMILES string of the molecule is Cl.O=C(NCc1ccc(N2CCNCC2)c(F)c1)C1CCC1. The van der Waals surface area contributed by atoms with E-state index in [1.807, 2.05) is 12.1 Å². The molecule has 2 aliphatic rings. The number of halogens is 2. The lowest BCUT2D eigenvalue weighted by molar-refractivity contribution is -0.127. The number of carbonyl (C=O) groups excluding carboxylic acids is 1. The molecule has 22 heavy (non-hydrogen) atoms. The minimum Gasteiger partial charge on any atom is -0.367 e. The van der Waals surface area contributed by atoms with Crippen LogP contribution in [0, 0.1) is 11.7 Å². The van der Waals surface area contributed by atoms with Crippen LogP contribution in [0.1, 0.15) is 24.8 Å². The molecule has 122 valence electrons. The van der Waals surface area contributed by atoms with Crippen LogP contribution in [-0.4, -0.2) is 32.1 Å². The molecule has 0 radical (unpaired) electrons. The average Bonchev–Trinajstić information content (AvgIpc) is 2.44. The first-order valence-corrected chi connectivity index (χ1v) is 7.76. The van der Waals surface area contributed by atoms with E-state index in [1.165, 1.54) is 0 Å². The highest BCUT2D eigenvalue weighted by atomic mass is 35.5. The van der Waals surface area contributed by atoms with Gasteiger partial charge >= 0.3 is 0 Å². The van der Waals surface area contributed by atoms with E-state index >= 15 is 0 Å². The quantitative estimate of drug-likeness (QED) is 0.890. The largest absolute Gasteiger partial charge is 0.367 e. The Labute approximate surface area is 136 Å². The Balaban J connectivity index is 0.00000176. The molecule has 4 nitrogen and oxygen atoms in total. The molecule has 2 N–H and O–H groups in total. The van der Waals surface area contributed by atoms with Crippen LogP contribution in [0.3, 0.4) is 0 Å². The minimum absolute atomic E-state index is 0. The minimum atomic E-state index is -0.202. The van der Waals surface area contributed by atoms with Gasteiger partial charge in [0.25, 0.3) is 0 Å². The van der Waals surface area contributed by atoms with Crippen LogP contribution in [0.4, 0.5) is 10.1 Å². The van der Waals surface area contributed by atoms with Gasteiger partial charge in [-0.15, -0.1) is 12.4 Å². The van der Waals surface area contributed by atoms with E-state index < -0.39 is 0 Å². The molecule has 1 saturated carbocycles. The highest BCUT2D eigenvalue weighted by Crippen LogP contribution is 2.26. The summed E-state index contributed by atoms with van der Waals surface area (Å²) in [4.78, 5) is 13.8. The zero-order valence-electron chi connectivity index (χ0n) is 12.6. The number of nitrogens with zero attached hydrogens (tertiary/aromatic N) is 1. The third-order valence-corrected chi connectivity index (χ3v) is 4.41. The first kappa shape index (κ1) is 17.0. The Morgan fingerprint density at radius 3 is 2.64 bits per heavy atom. The fourth-order valence-electron chi connectivity index (χ4n) is 2.83. The van der Waals surface area contributed by atoms with Gasteiger partial charge in [-0.25, -0.2) is 4.39 Å². The van der Waals surface area contributed by atoms with Crippen LogP contribution in [0.2, 0.25) is 0 Å². The van der Waals surface area contributed by atoms with Crippen molar-refractivity contribution in [2.24, 2.45) is 5.92 Å². The van der Waals surface area contributed by atoms with Gasteiger partial charge in [-0.2, -0.15) is 0 Å². The monoisotopic (exact) mass is 327 g/mol. The molecule has 6 heteroatoms. The predicted octanol–water partition coefficient (Wildman–Crippen LogP) is 2.07. The van der Waals surface area contributed by atoms with Crippen molar-refractivity contribution >= 4 is 24.0 Å². The molecule has 2 fully saturated rings. The van der Waals surface area contributed by atoms with Gasteiger partial charge in [0.05, 0.1) is 5.69 Å². The number of anilines is 1. The van der Waals surface area contributed by atoms with Crippen molar-refractivity contribution in [2.45, 2.75) is 25.8 Å². The Kier molecular flexibility index (Phi) is 6.03. The standard InChI is InChI=1S/C16H22FN3O.ClH/c17-14-10-12(11-19-16(21)13-2-1-3-13)4-5-15(14)20-8-6-18-7-9-20;/h4-5,10,13,18H,1-3,6-9,11H2,(H,19,21);1H. The predicted molar refractivity (Wildman–Crippen MR) is 87.9 cm³/mol. The summed E-state index contributed by atoms with van der Waals surface area (Å²) in [5.74, 6) is 0.0788. The van der Waals surface area contributed by atoms with Gasteiger partial charge < -0.3 is 15.5 Å². The van der Waals surface area contributed by atoms with Gasteiger partial charge in [0.1, 0.15) is 5.82 Å². The molecule has 0 spiro atoms. The van der Waals surface area contributed by atoms with E-state index in [2.05, 4.69) is 15.5 Å². The molecule has 1 amide bonds. The number of benzene rings is 1. The smallest absolute Gasteiger partial charge is 0.223 e. The fraction of sp³-hybridized carbons (Fsp3) is 0.562. The Morgan fingerprint density at radius 2 is 2.05 bits per heavy atom. The number of piperazine rings is 1. The molecule has 0 aromatic heterocycles. The highest BCUT2D eigenvalue weighted by Gasteiger charge is 2.24. The van der Waals surface area contributed by atoms with E-state index in [1.54, 1.807) is 6.07 Å². The highest BCUT2D eigenvalue weighted by molar-refractivity contribution is 5.85. The summed E-state index contributed by atoms with van der Waals surface area (Å²) < 4.78 is 14.2. The lowest BCUT2D eigenvalue weighted by Crippen LogP contribution is -2.43. The van der Waals surface area contributed by atoms with Gasteiger partial charge in [0.15, 0.2) is 0 Å². The van der Waals surface area contributed by atoms with Crippen molar-refractivity contribution in [3.63, 3.8) is 0 Å². The molecular weight excluding hydrogens is 305 g/mol. The molecule has 1 aromatic rings. The maximum Gasteiger partial charge on any atom is 0.223 e. The van der Waals surface area contributed by atoms with Crippen LogP contribution >= 0.6 is 12.4 Å². The maximum absolute atomic E-state index is 14.2. The molecule has 1 heterocycles. The van der Waals surface area contributed by atoms with Crippen molar-refractivity contribution in [2.75, 3.05) is 31.1 Å². The third-order valence-electron chi connectivity index (χ3n) is 4.41. The molecule has 1 saturated heterocycles. The first-order valence-electron chi connectivity index (χ1n) is 7.76. The number of rotatable bonds is 4. The third kappa shape index (κ3) is 3.90. The van der Waals surface area contributed by atoms with Crippen LogP contribution in [0.15, 0.2) is 18.2 Å². The average molecular weight is 328 g/mol. The second kappa shape index (κ2) is 7.79. The van der Waals surface area contributed by atoms with E-state index in [0.29, 0.717) is 12.2 Å². The summed E-state index contributed by atoms with van der Waals surface area (Å²) >= 11 is 0. The maximum atomic E-state index is 14.2. The van der Waals surface area contributed by atoms with E-state index in [9.17, 15) is 9.18 Å². The van der Waals surface area contributed by atoms with E-state index in [-0.39, 0.29) is 30.0 Å². The summed E-state index contributed by atoms with van der Waals surface area (Å²) in [6.45, 7) is 3.84. The number of hydrogen-bond acceptors (Lipinski definition) is 3. The molecule has 1 aromatic carbocycles. The molecule has 0 bridgehead atoms. The molecular formula is C16H23ClFN3O. The molecule has 1 aliphatic carbocycles. The lowest BCUT2D eigenvalue weighted by Gasteiger charge is -2.29.